The molecule has 0 fully saturated rings. The SMILES string of the molecule is Fc1[c-]ccc(F)c1.O=S(=O)(O)O.[Li+]. The monoisotopic (exact) mass is 218 g/mol. The van der Waals surface area contributed by atoms with Gasteiger partial charge in [0.25, 0.3) is 0 Å². The first-order valence-corrected chi connectivity index (χ1v) is 4.21. The molecule has 0 saturated heterocycles. The molecule has 1 aromatic rings. The van der Waals surface area contributed by atoms with Crippen molar-refractivity contribution in [2.45, 2.75) is 0 Å². The Balaban J connectivity index is 0. The molecular formula is C6H5F2LiO4S. The minimum atomic E-state index is -4.67. The van der Waals surface area contributed by atoms with Crippen LogP contribution in [0.25, 0.3) is 0 Å². The van der Waals surface area contributed by atoms with Crippen LogP contribution in [0.4, 0.5) is 8.78 Å². The number of hydrogen-bond donors (Lipinski definition) is 2. The number of benzene rings is 1. The fourth-order valence-corrected chi connectivity index (χ4v) is 0.412. The predicted octanol–water partition coefficient (Wildman–Crippen LogP) is -1.88. The third-order valence-corrected chi connectivity index (χ3v) is 0.728. The zero-order valence-electron chi connectivity index (χ0n) is 7.11. The molecule has 0 amide bonds. The molecule has 1 aromatic carbocycles. The zero-order chi connectivity index (χ0) is 10.5. The van der Waals surface area contributed by atoms with Crippen LogP contribution in [-0.4, -0.2) is 17.5 Å². The summed E-state index contributed by atoms with van der Waals surface area (Å²) in [6, 6.07) is 5.28. The fraction of sp³-hybridized carbons (Fsp3) is 0. The summed E-state index contributed by atoms with van der Waals surface area (Å²) >= 11 is 0. The van der Waals surface area contributed by atoms with E-state index in [4.69, 9.17) is 17.5 Å². The van der Waals surface area contributed by atoms with Crippen LogP contribution in [0, 0.1) is 17.7 Å². The standard InChI is InChI=1S/C6H3F2.Li.H2O4S/c7-5-2-1-3-6(8)4-5;;1-5(2,3)4/h1-2,4H;;(H2,1,2,3,4)/q-1;+1;. The molecule has 4 nitrogen and oxygen atoms in total. The van der Waals surface area contributed by atoms with Crippen LogP contribution >= 0.6 is 0 Å². The molecule has 8 heteroatoms. The summed E-state index contributed by atoms with van der Waals surface area (Å²) < 4.78 is 55.4. The van der Waals surface area contributed by atoms with Crippen LogP contribution < -0.4 is 18.9 Å². The third-order valence-electron chi connectivity index (χ3n) is 0.728. The van der Waals surface area contributed by atoms with E-state index in [9.17, 15) is 8.78 Å². The van der Waals surface area contributed by atoms with Crippen molar-refractivity contribution in [3.05, 3.63) is 35.9 Å². The van der Waals surface area contributed by atoms with Crippen LogP contribution in [0.1, 0.15) is 0 Å². The second kappa shape index (κ2) is 6.92. The van der Waals surface area contributed by atoms with E-state index in [1.165, 1.54) is 6.07 Å². The van der Waals surface area contributed by atoms with Crippen LogP contribution in [0.15, 0.2) is 18.2 Å². The summed E-state index contributed by atoms with van der Waals surface area (Å²) in [4.78, 5) is 0. The van der Waals surface area contributed by atoms with E-state index < -0.39 is 22.0 Å². The molecule has 0 aliphatic heterocycles. The fourth-order valence-electron chi connectivity index (χ4n) is 0.412. The van der Waals surface area contributed by atoms with Gasteiger partial charge in [0.05, 0.1) is 0 Å². The average Bonchev–Trinajstić information content (AvgIpc) is 1.81. The molecule has 0 aliphatic carbocycles. The van der Waals surface area contributed by atoms with Crippen LogP contribution in [0.5, 0.6) is 0 Å². The molecule has 0 atom stereocenters. The predicted molar refractivity (Wildman–Crippen MR) is 39.4 cm³/mol. The maximum atomic E-state index is 11.9. The molecule has 0 bridgehead atoms. The van der Waals surface area contributed by atoms with Gasteiger partial charge in [-0.25, -0.2) is 8.78 Å². The largest absolute Gasteiger partial charge is 1.00 e. The smallest absolute Gasteiger partial charge is 0.264 e. The minimum absolute atomic E-state index is 0. The summed E-state index contributed by atoms with van der Waals surface area (Å²) in [5.41, 5.74) is 0. The third kappa shape index (κ3) is 14.1. The van der Waals surface area contributed by atoms with Crippen molar-refractivity contribution < 1.29 is 45.2 Å². The van der Waals surface area contributed by atoms with Crippen LogP contribution in [0.2, 0.25) is 0 Å². The van der Waals surface area contributed by atoms with Gasteiger partial charge in [0.15, 0.2) is 0 Å². The Bertz CT molecular complexity index is 343. The maximum Gasteiger partial charge on any atom is 1.00 e. The summed E-state index contributed by atoms with van der Waals surface area (Å²) in [5.74, 6) is -1.23. The minimum Gasteiger partial charge on any atom is -0.264 e. The van der Waals surface area contributed by atoms with Gasteiger partial charge in [-0.1, -0.05) is 0 Å². The summed E-state index contributed by atoms with van der Waals surface area (Å²) in [5, 5.41) is 0. The molecule has 1 rings (SSSR count). The Labute approximate surface area is 91.7 Å². The molecule has 0 unspecified atom stereocenters. The van der Waals surface area contributed by atoms with Gasteiger partial charge in [-0.15, -0.1) is 18.2 Å². The van der Waals surface area contributed by atoms with Gasteiger partial charge in [0, 0.05) is 11.6 Å². The molecule has 0 aromatic heterocycles. The second-order valence-corrected chi connectivity index (χ2v) is 2.70. The number of rotatable bonds is 0. The van der Waals surface area contributed by atoms with Gasteiger partial charge in [-0.2, -0.15) is 14.5 Å². The van der Waals surface area contributed by atoms with E-state index in [0.29, 0.717) is 0 Å². The van der Waals surface area contributed by atoms with Crippen molar-refractivity contribution in [2.75, 3.05) is 0 Å². The molecule has 74 valence electrons. The molecule has 0 saturated carbocycles. The molecule has 0 spiro atoms. The second-order valence-electron chi connectivity index (χ2n) is 1.80. The summed E-state index contributed by atoms with van der Waals surface area (Å²) in [6.07, 6.45) is 0. The van der Waals surface area contributed by atoms with E-state index in [1.807, 2.05) is 0 Å². The van der Waals surface area contributed by atoms with Gasteiger partial charge >= 0.3 is 29.3 Å². The van der Waals surface area contributed by atoms with Crippen molar-refractivity contribution in [1.29, 1.82) is 0 Å². The van der Waals surface area contributed by atoms with E-state index in [0.717, 1.165) is 12.1 Å². The first-order valence-electron chi connectivity index (χ1n) is 2.81. The Morgan fingerprint density at radius 2 is 1.71 bits per heavy atom. The van der Waals surface area contributed by atoms with E-state index >= 15 is 0 Å². The molecule has 14 heavy (non-hydrogen) atoms. The average molecular weight is 218 g/mol. The Morgan fingerprint density at radius 3 is 1.93 bits per heavy atom. The Kier molecular flexibility index (Phi) is 7.91. The van der Waals surface area contributed by atoms with Crippen molar-refractivity contribution in [3.8, 4) is 0 Å². The molecule has 0 heterocycles. The van der Waals surface area contributed by atoms with Gasteiger partial charge in [0.2, 0.25) is 0 Å². The van der Waals surface area contributed by atoms with Gasteiger partial charge in [0.1, 0.15) is 0 Å². The van der Waals surface area contributed by atoms with Crippen molar-refractivity contribution in [1.82, 2.24) is 0 Å². The Hall–Kier alpha value is -0.453. The zero-order valence-corrected chi connectivity index (χ0v) is 7.92. The number of halogens is 2. The van der Waals surface area contributed by atoms with Gasteiger partial charge in [-0.05, 0) is 0 Å². The maximum absolute atomic E-state index is 11.9. The van der Waals surface area contributed by atoms with E-state index in [-0.39, 0.29) is 18.9 Å². The Morgan fingerprint density at radius 1 is 1.29 bits per heavy atom. The molecule has 0 aliphatic rings. The van der Waals surface area contributed by atoms with Crippen molar-refractivity contribution >= 4 is 10.4 Å². The van der Waals surface area contributed by atoms with Crippen molar-refractivity contribution in [3.63, 3.8) is 0 Å². The van der Waals surface area contributed by atoms with E-state index in [1.54, 1.807) is 0 Å². The van der Waals surface area contributed by atoms with Gasteiger partial charge in [-0.3, -0.25) is 9.11 Å². The van der Waals surface area contributed by atoms with Crippen molar-refractivity contribution in [2.24, 2.45) is 0 Å². The normalized spacial score (nSPS) is 9.43. The summed E-state index contributed by atoms with van der Waals surface area (Å²) in [7, 11) is -4.67. The number of hydrogen-bond acceptors (Lipinski definition) is 2. The molecule has 2 N–H and O–H groups in total. The van der Waals surface area contributed by atoms with Crippen LogP contribution in [-0.2, 0) is 10.4 Å². The molecule has 0 radical (unpaired) electrons. The van der Waals surface area contributed by atoms with Crippen LogP contribution in [0.3, 0.4) is 0 Å². The summed E-state index contributed by atoms with van der Waals surface area (Å²) in [6.45, 7) is 0. The quantitative estimate of drug-likeness (QED) is 0.303. The molecular weight excluding hydrogens is 213 g/mol. The first-order chi connectivity index (χ1) is 5.79. The van der Waals surface area contributed by atoms with Gasteiger partial charge < -0.3 is 0 Å². The topological polar surface area (TPSA) is 74.6 Å². The first kappa shape index (κ1) is 16.0. The van der Waals surface area contributed by atoms with E-state index in [2.05, 4.69) is 6.07 Å².